The molecule has 0 aromatic carbocycles. The third-order valence-electron chi connectivity index (χ3n) is 5.56. The molecule has 0 aliphatic carbocycles. The molecule has 0 radical (unpaired) electrons. The first kappa shape index (κ1) is 29.0. The van der Waals surface area contributed by atoms with Gasteiger partial charge in [0.25, 0.3) is 0 Å². The molecule has 3 nitrogen and oxygen atoms in total. The second-order valence-corrected chi connectivity index (χ2v) is 10.2. The molecule has 1 unspecified atom stereocenters. The Morgan fingerprint density at radius 3 is 1.70 bits per heavy atom. The lowest BCUT2D eigenvalue weighted by atomic mass is 9.83. The molecular formula is C27H52O3. The van der Waals surface area contributed by atoms with Crippen LogP contribution in [0.3, 0.4) is 0 Å². The van der Waals surface area contributed by atoms with Crippen LogP contribution < -0.4 is 0 Å². The third-order valence-corrected chi connectivity index (χ3v) is 5.56. The molecule has 0 fully saturated rings. The van der Waals surface area contributed by atoms with Gasteiger partial charge in [-0.3, -0.25) is 0 Å². The highest BCUT2D eigenvalue weighted by Gasteiger charge is 2.31. The maximum absolute atomic E-state index is 11.9. The van der Waals surface area contributed by atoms with Crippen molar-refractivity contribution in [2.45, 2.75) is 138 Å². The first-order valence-corrected chi connectivity index (χ1v) is 12.8. The van der Waals surface area contributed by atoms with Crippen molar-refractivity contribution < 1.29 is 14.3 Å². The van der Waals surface area contributed by atoms with E-state index in [1.807, 2.05) is 0 Å². The summed E-state index contributed by atoms with van der Waals surface area (Å²) in [6.07, 6.45) is 22.0. The minimum Gasteiger partial charge on any atom is -0.434 e. The van der Waals surface area contributed by atoms with Crippen molar-refractivity contribution in [3.8, 4) is 0 Å². The lowest BCUT2D eigenvalue weighted by Gasteiger charge is -2.32. The summed E-state index contributed by atoms with van der Waals surface area (Å²) in [6.45, 7) is 13.2. The highest BCUT2D eigenvalue weighted by molar-refractivity contribution is 5.60. The number of ether oxygens (including phenoxy) is 2. The average Bonchev–Trinajstić information content (AvgIpc) is 2.67. The summed E-state index contributed by atoms with van der Waals surface area (Å²) in [5.41, 5.74) is -0.0728. The first-order valence-electron chi connectivity index (χ1n) is 12.8. The van der Waals surface area contributed by atoms with Crippen molar-refractivity contribution in [1.82, 2.24) is 0 Å². The zero-order chi connectivity index (χ0) is 22.7. The number of hydrogen-bond acceptors (Lipinski definition) is 3. The van der Waals surface area contributed by atoms with Crippen LogP contribution in [-0.2, 0) is 9.47 Å². The van der Waals surface area contributed by atoms with E-state index in [0.29, 0.717) is 6.61 Å². The maximum Gasteiger partial charge on any atom is 0.508 e. The summed E-state index contributed by atoms with van der Waals surface area (Å²) in [4.78, 5) is 11.9. The largest absolute Gasteiger partial charge is 0.508 e. The second-order valence-electron chi connectivity index (χ2n) is 10.2. The van der Waals surface area contributed by atoms with Crippen LogP contribution in [0.25, 0.3) is 0 Å². The highest BCUT2D eigenvalue weighted by atomic mass is 16.7. The van der Waals surface area contributed by atoms with Gasteiger partial charge in [0.1, 0.15) is 6.10 Å². The first-order chi connectivity index (χ1) is 14.3. The quantitative estimate of drug-likeness (QED) is 0.125. The summed E-state index contributed by atoms with van der Waals surface area (Å²) in [5, 5.41) is 0. The molecule has 0 N–H and O–H groups in total. The Morgan fingerprint density at radius 1 is 0.767 bits per heavy atom. The van der Waals surface area contributed by atoms with Gasteiger partial charge in [-0.15, -0.1) is 0 Å². The normalized spacial score (nSPS) is 13.2. The standard InChI is InChI=1S/C27H52O3/c1-7-8-9-10-11-12-13-14-15-16-17-18-19-20-21-22-23-29-26(28)30-25(24(2)3)27(4,5)6/h14-15,24-25H,7-13,16-23H2,1-6H3/b15-14+. The Hall–Kier alpha value is -0.990. The van der Waals surface area contributed by atoms with Crippen molar-refractivity contribution in [1.29, 1.82) is 0 Å². The van der Waals surface area contributed by atoms with Crippen molar-refractivity contribution in [3.63, 3.8) is 0 Å². The smallest absolute Gasteiger partial charge is 0.434 e. The molecule has 0 spiro atoms. The molecule has 0 saturated heterocycles. The van der Waals surface area contributed by atoms with Crippen LogP contribution in [-0.4, -0.2) is 18.9 Å². The van der Waals surface area contributed by atoms with Crippen LogP contribution in [0.5, 0.6) is 0 Å². The van der Waals surface area contributed by atoms with Crippen molar-refractivity contribution in [2.24, 2.45) is 11.3 Å². The molecule has 3 heteroatoms. The van der Waals surface area contributed by atoms with Crippen LogP contribution in [0.1, 0.15) is 131 Å². The van der Waals surface area contributed by atoms with Gasteiger partial charge in [-0.25, -0.2) is 4.79 Å². The molecule has 0 saturated carbocycles. The van der Waals surface area contributed by atoms with Crippen molar-refractivity contribution in [3.05, 3.63) is 12.2 Å². The SMILES string of the molecule is CCCCCCCC/C=C/CCCCCCCCOC(=O)OC(C(C)C)C(C)(C)C. The molecule has 0 rings (SSSR count). The Kier molecular flexibility index (Phi) is 18.1. The van der Waals surface area contributed by atoms with E-state index >= 15 is 0 Å². The number of allylic oxidation sites excluding steroid dienone is 2. The molecule has 178 valence electrons. The molecule has 30 heavy (non-hydrogen) atoms. The van der Waals surface area contributed by atoms with E-state index in [4.69, 9.17) is 9.47 Å². The average molecular weight is 425 g/mol. The lowest BCUT2D eigenvalue weighted by molar-refractivity contribution is -0.0381. The number of carbonyl (C=O) groups excluding carboxylic acids is 1. The zero-order valence-corrected chi connectivity index (χ0v) is 21.1. The van der Waals surface area contributed by atoms with Crippen LogP contribution in [0.4, 0.5) is 4.79 Å². The number of rotatable bonds is 18. The van der Waals surface area contributed by atoms with E-state index in [1.54, 1.807) is 0 Å². The van der Waals surface area contributed by atoms with Crippen molar-refractivity contribution >= 4 is 6.16 Å². The van der Waals surface area contributed by atoms with E-state index in [0.717, 1.165) is 12.8 Å². The minimum atomic E-state index is -0.517. The Bertz CT molecular complexity index is 420. The van der Waals surface area contributed by atoms with Gasteiger partial charge in [-0.05, 0) is 43.4 Å². The summed E-state index contributed by atoms with van der Waals surface area (Å²) in [7, 11) is 0. The molecule has 0 bridgehead atoms. The van der Waals surface area contributed by atoms with Crippen molar-refractivity contribution in [2.75, 3.05) is 6.61 Å². The van der Waals surface area contributed by atoms with E-state index in [2.05, 4.69) is 53.7 Å². The fourth-order valence-corrected chi connectivity index (χ4v) is 3.96. The van der Waals surface area contributed by atoms with E-state index in [1.165, 1.54) is 77.0 Å². The van der Waals surface area contributed by atoms with Gasteiger partial charge in [0.15, 0.2) is 0 Å². The number of hydrogen-bond donors (Lipinski definition) is 0. The molecule has 0 aromatic rings. The van der Waals surface area contributed by atoms with E-state index in [-0.39, 0.29) is 17.4 Å². The summed E-state index contributed by atoms with van der Waals surface area (Å²) >= 11 is 0. The monoisotopic (exact) mass is 424 g/mol. The number of unbranched alkanes of at least 4 members (excludes halogenated alkanes) is 12. The zero-order valence-electron chi connectivity index (χ0n) is 21.1. The van der Waals surface area contributed by atoms with Gasteiger partial charge in [0.2, 0.25) is 0 Å². The van der Waals surface area contributed by atoms with Gasteiger partial charge in [-0.2, -0.15) is 0 Å². The maximum atomic E-state index is 11.9. The molecule has 0 heterocycles. The Labute approximate surface area is 188 Å². The molecule has 0 aliphatic rings. The van der Waals surface area contributed by atoms with Crippen LogP contribution in [0.15, 0.2) is 12.2 Å². The van der Waals surface area contributed by atoms with Crippen LogP contribution >= 0.6 is 0 Å². The van der Waals surface area contributed by atoms with Crippen LogP contribution in [0.2, 0.25) is 0 Å². The summed E-state index contributed by atoms with van der Waals surface area (Å²) in [5.74, 6) is 0.281. The predicted octanol–water partition coefficient (Wildman–Crippen LogP) is 9.25. The van der Waals surface area contributed by atoms with Gasteiger partial charge in [-0.1, -0.05) is 111 Å². The van der Waals surface area contributed by atoms with E-state index < -0.39 is 6.16 Å². The highest BCUT2D eigenvalue weighted by Crippen LogP contribution is 2.28. The van der Waals surface area contributed by atoms with Gasteiger partial charge in [0.05, 0.1) is 6.61 Å². The molecule has 1 atom stereocenters. The molecule has 0 aromatic heterocycles. The summed E-state index contributed by atoms with van der Waals surface area (Å²) in [6, 6.07) is 0. The topological polar surface area (TPSA) is 35.5 Å². The molecule has 0 amide bonds. The number of carbonyl (C=O) groups is 1. The Balaban J connectivity index is 3.47. The Morgan fingerprint density at radius 2 is 1.23 bits per heavy atom. The fraction of sp³-hybridized carbons (Fsp3) is 0.889. The lowest BCUT2D eigenvalue weighted by Crippen LogP contribution is -2.36. The van der Waals surface area contributed by atoms with E-state index in [9.17, 15) is 4.79 Å². The molecular weight excluding hydrogens is 372 g/mol. The predicted molar refractivity (Wildman–Crippen MR) is 130 cm³/mol. The van der Waals surface area contributed by atoms with Crippen LogP contribution in [0, 0.1) is 11.3 Å². The minimum absolute atomic E-state index is 0.0728. The second kappa shape index (κ2) is 18.8. The van der Waals surface area contributed by atoms with Gasteiger partial charge >= 0.3 is 6.16 Å². The summed E-state index contributed by atoms with van der Waals surface area (Å²) < 4.78 is 10.8. The van der Waals surface area contributed by atoms with Gasteiger partial charge in [0, 0.05) is 0 Å². The fourth-order valence-electron chi connectivity index (χ4n) is 3.96. The van der Waals surface area contributed by atoms with Gasteiger partial charge < -0.3 is 9.47 Å². The third kappa shape index (κ3) is 17.8. The molecule has 0 aliphatic heterocycles.